The van der Waals surface area contributed by atoms with Crippen LogP contribution in [-0.4, -0.2) is 18.4 Å². The maximum Gasteiger partial charge on any atom is 0.258 e. The summed E-state index contributed by atoms with van der Waals surface area (Å²) in [4.78, 5) is 27.9. The highest BCUT2D eigenvalue weighted by Gasteiger charge is 2.24. The number of hydrogen-bond acceptors (Lipinski definition) is 2. The zero-order valence-corrected chi connectivity index (χ0v) is 19.6. The van der Waals surface area contributed by atoms with Gasteiger partial charge in [0, 0.05) is 28.4 Å². The maximum atomic E-state index is 13.5. The topological polar surface area (TPSA) is 49.4 Å². The molecule has 1 aliphatic heterocycles. The lowest BCUT2D eigenvalue weighted by molar-refractivity contribution is 0.0986. The van der Waals surface area contributed by atoms with Crippen LogP contribution < -0.4 is 10.2 Å². The van der Waals surface area contributed by atoms with E-state index in [9.17, 15) is 9.59 Å². The first-order chi connectivity index (χ1) is 16.5. The zero-order chi connectivity index (χ0) is 23.7. The van der Waals surface area contributed by atoms with E-state index in [4.69, 9.17) is 23.2 Å². The third-order valence-electron chi connectivity index (χ3n) is 5.92. The Morgan fingerprint density at radius 3 is 2.29 bits per heavy atom. The number of nitrogens with one attached hydrogen (secondary N) is 1. The number of benzene rings is 4. The van der Waals surface area contributed by atoms with Crippen LogP contribution in [0.2, 0.25) is 10.0 Å². The van der Waals surface area contributed by atoms with Crippen molar-refractivity contribution in [2.75, 3.05) is 16.8 Å². The summed E-state index contributed by atoms with van der Waals surface area (Å²) < 4.78 is 0. The van der Waals surface area contributed by atoms with E-state index in [-0.39, 0.29) is 17.4 Å². The van der Waals surface area contributed by atoms with E-state index < -0.39 is 0 Å². The van der Waals surface area contributed by atoms with Gasteiger partial charge < -0.3 is 10.2 Å². The minimum Gasteiger partial charge on any atom is -0.322 e. The number of carbonyl (C=O) groups excluding carboxylic acids is 2. The monoisotopic (exact) mass is 486 g/mol. The number of rotatable bonds is 3. The highest BCUT2D eigenvalue weighted by Crippen LogP contribution is 2.36. The summed E-state index contributed by atoms with van der Waals surface area (Å²) in [6.07, 6.45) is 0.769. The Labute approximate surface area is 207 Å². The second-order valence-corrected chi connectivity index (χ2v) is 8.88. The van der Waals surface area contributed by atoms with E-state index in [2.05, 4.69) is 23.5 Å². The van der Waals surface area contributed by atoms with Gasteiger partial charge in [-0.05, 0) is 66.1 Å². The fourth-order valence-corrected chi connectivity index (χ4v) is 4.60. The molecule has 6 heteroatoms. The molecule has 0 bridgehead atoms. The molecule has 0 unspecified atom stereocenters. The van der Waals surface area contributed by atoms with Crippen molar-refractivity contribution in [1.29, 1.82) is 0 Å². The molecule has 0 saturated heterocycles. The molecule has 5 rings (SSSR count). The van der Waals surface area contributed by atoms with Crippen LogP contribution in [0.1, 0.15) is 26.3 Å². The van der Waals surface area contributed by atoms with Crippen LogP contribution in [-0.2, 0) is 6.42 Å². The number of hydrogen-bond donors (Lipinski definition) is 1. The van der Waals surface area contributed by atoms with Crippen LogP contribution in [0.25, 0.3) is 11.1 Å². The number of fused-ring (bicyclic) bond motifs is 3. The first-order valence-electron chi connectivity index (χ1n) is 10.9. The highest BCUT2D eigenvalue weighted by molar-refractivity contribution is 6.36. The third-order valence-corrected chi connectivity index (χ3v) is 6.48. The van der Waals surface area contributed by atoms with Crippen LogP contribution in [0.4, 0.5) is 11.4 Å². The largest absolute Gasteiger partial charge is 0.322 e. The van der Waals surface area contributed by atoms with Gasteiger partial charge in [-0.1, -0.05) is 65.7 Å². The number of carbonyl (C=O) groups is 2. The van der Waals surface area contributed by atoms with Gasteiger partial charge in [0.15, 0.2) is 0 Å². The first-order valence-corrected chi connectivity index (χ1v) is 11.6. The van der Waals surface area contributed by atoms with Crippen molar-refractivity contribution < 1.29 is 9.59 Å². The molecule has 1 heterocycles. The first kappa shape index (κ1) is 22.2. The maximum absolute atomic E-state index is 13.5. The molecule has 0 fully saturated rings. The van der Waals surface area contributed by atoms with Crippen molar-refractivity contribution in [2.45, 2.75) is 6.42 Å². The van der Waals surface area contributed by atoms with E-state index >= 15 is 0 Å². The van der Waals surface area contributed by atoms with Crippen molar-refractivity contribution in [3.63, 3.8) is 0 Å². The molecular weight excluding hydrogens is 467 g/mol. The lowest BCUT2D eigenvalue weighted by Crippen LogP contribution is -2.32. The van der Waals surface area contributed by atoms with Gasteiger partial charge in [-0.15, -0.1) is 0 Å². The molecule has 168 valence electrons. The molecule has 0 spiro atoms. The Kier molecular flexibility index (Phi) is 6.10. The van der Waals surface area contributed by atoms with Crippen molar-refractivity contribution >= 4 is 46.4 Å². The van der Waals surface area contributed by atoms with Crippen LogP contribution in [0.3, 0.4) is 0 Å². The van der Waals surface area contributed by atoms with Crippen LogP contribution in [0.5, 0.6) is 0 Å². The van der Waals surface area contributed by atoms with Crippen LogP contribution >= 0.6 is 23.2 Å². The van der Waals surface area contributed by atoms with Crippen molar-refractivity contribution in [3.8, 4) is 11.1 Å². The number of anilines is 2. The summed E-state index contributed by atoms with van der Waals surface area (Å²) in [5.74, 6) is -0.457. The van der Waals surface area contributed by atoms with Gasteiger partial charge in [0.1, 0.15) is 0 Å². The van der Waals surface area contributed by atoms with Gasteiger partial charge in [-0.2, -0.15) is 0 Å². The second kappa shape index (κ2) is 9.34. The number of amides is 2. The smallest absolute Gasteiger partial charge is 0.258 e. The predicted molar refractivity (Wildman–Crippen MR) is 138 cm³/mol. The molecule has 0 atom stereocenters. The molecule has 0 radical (unpaired) electrons. The van der Waals surface area contributed by atoms with Crippen LogP contribution in [0, 0.1) is 0 Å². The van der Waals surface area contributed by atoms with E-state index in [0.717, 1.165) is 23.2 Å². The summed E-state index contributed by atoms with van der Waals surface area (Å²) in [5, 5.41) is 3.54. The van der Waals surface area contributed by atoms with E-state index in [1.54, 1.807) is 36.4 Å². The van der Waals surface area contributed by atoms with E-state index in [1.807, 2.05) is 35.2 Å². The molecule has 4 aromatic rings. The third kappa shape index (κ3) is 4.30. The molecule has 1 aliphatic rings. The van der Waals surface area contributed by atoms with Gasteiger partial charge in [0.25, 0.3) is 11.8 Å². The van der Waals surface area contributed by atoms with Crippen molar-refractivity contribution in [2.24, 2.45) is 0 Å². The van der Waals surface area contributed by atoms with Gasteiger partial charge in [-0.25, -0.2) is 0 Å². The fraction of sp³-hybridized carbons (Fsp3) is 0.0714. The summed E-state index contributed by atoms with van der Waals surface area (Å²) in [6, 6.07) is 27.8. The van der Waals surface area contributed by atoms with Gasteiger partial charge >= 0.3 is 0 Å². The highest BCUT2D eigenvalue weighted by atomic mass is 35.5. The Balaban J connectivity index is 1.38. The Morgan fingerprint density at radius 2 is 1.50 bits per heavy atom. The standard InChI is InChI=1S/C28H20Cl2N2O2/c29-20-11-14-25(30)24(17-20)27(33)31-21-12-9-19(10-13-21)28(34)32-16-15-18-5-1-2-6-22(18)23-7-3-4-8-26(23)32/h1-14,17H,15-16H2,(H,31,33). The van der Waals surface area contributed by atoms with E-state index in [0.29, 0.717) is 27.8 Å². The summed E-state index contributed by atoms with van der Waals surface area (Å²) in [7, 11) is 0. The number of para-hydroxylation sites is 1. The van der Waals surface area contributed by atoms with Crippen molar-refractivity contribution in [3.05, 3.63) is 118 Å². The molecule has 4 aromatic carbocycles. The summed E-state index contributed by atoms with van der Waals surface area (Å²) in [6.45, 7) is 0.582. The lowest BCUT2D eigenvalue weighted by Gasteiger charge is -2.23. The van der Waals surface area contributed by atoms with Crippen LogP contribution in [0.15, 0.2) is 91.0 Å². The molecule has 0 aliphatic carbocycles. The molecule has 0 aromatic heterocycles. The lowest BCUT2D eigenvalue weighted by atomic mass is 9.98. The van der Waals surface area contributed by atoms with Crippen molar-refractivity contribution in [1.82, 2.24) is 0 Å². The van der Waals surface area contributed by atoms with Gasteiger partial charge in [0.05, 0.1) is 16.3 Å². The Morgan fingerprint density at radius 1 is 0.794 bits per heavy atom. The summed E-state index contributed by atoms with van der Waals surface area (Å²) >= 11 is 12.1. The SMILES string of the molecule is O=C(Nc1ccc(C(=O)N2CCc3ccccc3-c3ccccc32)cc1)c1cc(Cl)ccc1Cl. The minimum atomic E-state index is -0.370. The average molecular weight is 487 g/mol. The quantitative estimate of drug-likeness (QED) is 0.335. The molecule has 34 heavy (non-hydrogen) atoms. The summed E-state index contributed by atoms with van der Waals surface area (Å²) in [5.41, 5.74) is 5.71. The zero-order valence-electron chi connectivity index (χ0n) is 18.1. The molecule has 0 saturated carbocycles. The molecular formula is C28H20Cl2N2O2. The number of halogens is 2. The average Bonchev–Trinajstić information content (AvgIpc) is 3.03. The number of nitrogens with zero attached hydrogens (tertiary/aromatic N) is 1. The molecule has 1 N–H and O–H groups in total. The Bertz CT molecular complexity index is 1400. The van der Waals surface area contributed by atoms with Gasteiger partial charge in [0.2, 0.25) is 0 Å². The normalized spacial score (nSPS) is 12.4. The van der Waals surface area contributed by atoms with Gasteiger partial charge in [-0.3, -0.25) is 9.59 Å². The fourth-order valence-electron chi connectivity index (χ4n) is 4.22. The minimum absolute atomic E-state index is 0.0870. The Hall–Kier alpha value is -3.60. The molecule has 2 amide bonds. The van der Waals surface area contributed by atoms with E-state index in [1.165, 1.54) is 11.6 Å². The second-order valence-electron chi connectivity index (χ2n) is 8.04. The molecule has 4 nitrogen and oxygen atoms in total. The predicted octanol–water partition coefficient (Wildman–Crippen LogP) is 7.12.